The Hall–Kier alpha value is -1.44. The van der Waals surface area contributed by atoms with Gasteiger partial charge in [0.1, 0.15) is 0 Å². The molecule has 0 saturated heterocycles. The van der Waals surface area contributed by atoms with Gasteiger partial charge in [0.25, 0.3) is 0 Å². The Morgan fingerprint density at radius 3 is 2.48 bits per heavy atom. The molecule has 21 heavy (non-hydrogen) atoms. The minimum absolute atomic E-state index is 0.114. The largest absolute Gasteiger partial charge is 0.324 e. The van der Waals surface area contributed by atoms with Crippen molar-refractivity contribution in [3.8, 4) is 0 Å². The van der Waals surface area contributed by atoms with Gasteiger partial charge in [0.15, 0.2) is 0 Å². The van der Waals surface area contributed by atoms with Crippen LogP contribution in [0.1, 0.15) is 31.2 Å². The van der Waals surface area contributed by atoms with Crippen LogP contribution in [0.3, 0.4) is 0 Å². The normalized spacial score (nSPS) is 17.7. The number of nitrogens with one attached hydrogen (secondary N) is 2. The summed E-state index contributed by atoms with van der Waals surface area (Å²) in [5.74, 6) is -0.248. The van der Waals surface area contributed by atoms with Gasteiger partial charge in [0, 0.05) is 5.69 Å². The minimum atomic E-state index is -3.54. The number of carbonyl (C=O) groups is 1. The van der Waals surface area contributed by atoms with E-state index in [1.807, 2.05) is 6.92 Å². The summed E-state index contributed by atoms with van der Waals surface area (Å²) in [7, 11) is -2.19. The van der Waals surface area contributed by atoms with E-state index in [0.717, 1.165) is 18.4 Å². The fourth-order valence-corrected chi connectivity index (χ4v) is 3.26. The van der Waals surface area contributed by atoms with E-state index in [1.54, 1.807) is 6.07 Å². The van der Waals surface area contributed by atoms with Crippen molar-refractivity contribution in [3.05, 3.63) is 23.8 Å². The van der Waals surface area contributed by atoms with E-state index < -0.39 is 15.6 Å². The Morgan fingerprint density at radius 2 is 1.90 bits per heavy atom. The third-order valence-corrected chi connectivity index (χ3v) is 5.40. The quantitative estimate of drug-likeness (QED) is 0.775. The van der Waals surface area contributed by atoms with Crippen LogP contribution in [0, 0.1) is 6.92 Å². The van der Waals surface area contributed by atoms with Crippen molar-refractivity contribution in [2.24, 2.45) is 5.73 Å². The SMILES string of the molecule is CNS(=O)(=O)c1ccc(C)c(NC(=O)C2(N)CCCC2)c1. The summed E-state index contributed by atoms with van der Waals surface area (Å²) >= 11 is 0. The molecule has 7 heteroatoms. The van der Waals surface area contributed by atoms with E-state index in [1.165, 1.54) is 19.2 Å². The maximum absolute atomic E-state index is 12.3. The molecule has 4 N–H and O–H groups in total. The summed E-state index contributed by atoms with van der Waals surface area (Å²) in [6.07, 6.45) is 3.20. The first-order valence-electron chi connectivity index (χ1n) is 6.93. The lowest BCUT2D eigenvalue weighted by Crippen LogP contribution is -2.48. The molecule has 0 aromatic heterocycles. The third kappa shape index (κ3) is 3.25. The highest BCUT2D eigenvalue weighted by Crippen LogP contribution is 2.29. The van der Waals surface area contributed by atoms with Gasteiger partial charge in [-0.15, -0.1) is 0 Å². The lowest BCUT2D eigenvalue weighted by atomic mass is 9.98. The zero-order valence-electron chi connectivity index (χ0n) is 12.3. The van der Waals surface area contributed by atoms with Crippen molar-refractivity contribution in [3.63, 3.8) is 0 Å². The highest BCUT2D eigenvalue weighted by atomic mass is 32.2. The van der Waals surface area contributed by atoms with Gasteiger partial charge in [-0.2, -0.15) is 0 Å². The van der Waals surface area contributed by atoms with Gasteiger partial charge >= 0.3 is 0 Å². The molecule has 1 aliphatic rings. The molecule has 6 nitrogen and oxygen atoms in total. The smallest absolute Gasteiger partial charge is 0.244 e. The summed E-state index contributed by atoms with van der Waals surface area (Å²) < 4.78 is 25.9. The number of hydrogen-bond acceptors (Lipinski definition) is 4. The van der Waals surface area contributed by atoms with Crippen LogP contribution >= 0.6 is 0 Å². The number of anilines is 1. The topological polar surface area (TPSA) is 101 Å². The number of sulfonamides is 1. The second kappa shape index (κ2) is 5.75. The first-order chi connectivity index (χ1) is 9.78. The Balaban J connectivity index is 2.28. The van der Waals surface area contributed by atoms with E-state index in [-0.39, 0.29) is 10.8 Å². The summed E-state index contributed by atoms with van der Waals surface area (Å²) in [6.45, 7) is 1.81. The van der Waals surface area contributed by atoms with Crippen molar-refractivity contribution in [2.45, 2.75) is 43.0 Å². The van der Waals surface area contributed by atoms with Gasteiger partial charge in [0.2, 0.25) is 15.9 Å². The molecule has 1 saturated carbocycles. The molecule has 0 aliphatic heterocycles. The van der Waals surface area contributed by atoms with Crippen LogP contribution in [-0.2, 0) is 14.8 Å². The highest BCUT2D eigenvalue weighted by Gasteiger charge is 2.37. The third-order valence-electron chi connectivity index (χ3n) is 3.98. The van der Waals surface area contributed by atoms with E-state index >= 15 is 0 Å². The second-order valence-corrected chi connectivity index (χ2v) is 7.39. The number of rotatable bonds is 4. The van der Waals surface area contributed by atoms with E-state index in [9.17, 15) is 13.2 Å². The van der Waals surface area contributed by atoms with Crippen LogP contribution in [-0.4, -0.2) is 26.9 Å². The van der Waals surface area contributed by atoms with Crippen molar-refractivity contribution >= 4 is 21.6 Å². The average Bonchev–Trinajstić information content (AvgIpc) is 2.89. The molecule has 1 aliphatic carbocycles. The first-order valence-corrected chi connectivity index (χ1v) is 8.41. The monoisotopic (exact) mass is 311 g/mol. The number of aryl methyl sites for hydroxylation is 1. The fourth-order valence-electron chi connectivity index (χ4n) is 2.50. The highest BCUT2D eigenvalue weighted by molar-refractivity contribution is 7.89. The van der Waals surface area contributed by atoms with Crippen molar-refractivity contribution in [2.75, 3.05) is 12.4 Å². The molecular weight excluding hydrogens is 290 g/mol. The zero-order chi connectivity index (χ0) is 15.7. The van der Waals surface area contributed by atoms with Crippen molar-refractivity contribution in [1.82, 2.24) is 4.72 Å². The number of hydrogen-bond donors (Lipinski definition) is 3. The van der Waals surface area contributed by atoms with Gasteiger partial charge < -0.3 is 11.1 Å². The molecule has 116 valence electrons. The van der Waals surface area contributed by atoms with Gasteiger partial charge in [0.05, 0.1) is 10.4 Å². The zero-order valence-corrected chi connectivity index (χ0v) is 13.1. The summed E-state index contributed by atoms with van der Waals surface area (Å²) in [5, 5.41) is 2.77. The molecule has 0 heterocycles. The fraction of sp³-hybridized carbons (Fsp3) is 0.500. The van der Waals surface area contributed by atoms with E-state index in [4.69, 9.17) is 5.73 Å². The van der Waals surface area contributed by atoms with Gasteiger partial charge in [-0.3, -0.25) is 4.79 Å². The lowest BCUT2D eigenvalue weighted by Gasteiger charge is -2.23. The Kier molecular flexibility index (Phi) is 4.36. The molecule has 0 radical (unpaired) electrons. The molecule has 1 fully saturated rings. The van der Waals surface area contributed by atoms with Crippen LogP contribution in [0.2, 0.25) is 0 Å². The molecule has 0 spiro atoms. The van der Waals surface area contributed by atoms with Crippen LogP contribution in [0.5, 0.6) is 0 Å². The summed E-state index contributed by atoms with van der Waals surface area (Å²) in [4.78, 5) is 12.4. The van der Waals surface area contributed by atoms with Gasteiger partial charge in [-0.05, 0) is 44.5 Å². The van der Waals surface area contributed by atoms with Crippen LogP contribution in [0.15, 0.2) is 23.1 Å². The van der Waals surface area contributed by atoms with Crippen molar-refractivity contribution in [1.29, 1.82) is 0 Å². The van der Waals surface area contributed by atoms with Crippen LogP contribution in [0.4, 0.5) is 5.69 Å². The van der Waals surface area contributed by atoms with Crippen LogP contribution in [0.25, 0.3) is 0 Å². The summed E-state index contributed by atoms with van der Waals surface area (Å²) in [6, 6.07) is 4.62. The lowest BCUT2D eigenvalue weighted by molar-refractivity contribution is -0.121. The molecule has 0 atom stereocenters. The number of nitrogens with two attached hydrogens (primary N) is 1. The van der Waals surface area contributed by atoms with Gasteiger partial charge in [-0.25, -0.2) is 13.1 Å². The molecular formula is C14H21N3O3S. The maximum Gasteiger partial charge on any atom is 0.244 e. The molecule has 0 bridgehead atoms. The predicted octanol–water partition coefficient (Wildman–Crippen LogP) is 1.11. The first kappa shape index (κ1) is 15.9. The predicted molar refractivity (Wildman–Crippen MR) is 81.4 cm³/mol. The molecule has 0 unspecified atom stereocenters. The number of benzene rings is 1. The molecule has 1 aromatic rings. The maximum atomic E-state index is 12.3. The summed E-state index contributed by atoms with van der Waals surface area (Å²) in [5.41, 5.74) is 6.54. The van der Waals surface area contributed by atoms with Crippen LogP contribution < -0.4 is 15.8 Å². The Bertz CT molecular complexity index is 649. The molecule has 2 rings (SSSR count). The van der Waals surface area contributed by atoms with E-state index in [2.05, 4.69) is 10.0 Å². The second-order valence-electron chi connectivity index (χ2n) is 5.50. The molecule has 1 amide bonds. The minimum Gasteiger partial charge on any atom is -0.324 e. The van der Waals surface area contributed by atoms with Gasteiger partial charge in [-0.1, -0.05) is 18.9 Å². The number of amides is 1. The standard InChI is InChI=1S/C14H21N3O3S/c1-10-5-6-11(21(19,20)16-2)9-12(10)17-13(18)14(15)7-3-4-8-14/h5-6,9,16H,3-4,7-8,15H2,1-2H3,(H,17,18). The Morgan fingerprint density at radius 1 is 1.29 bits per heavy atom. The average molecular weight is 311 g/mol. The van der Waals surface area contributed by atoms with E-state index in [0.29, 0.717) is 18.5 Å². The number of carbonyl (C=O) groups excluding carboxylic acids is 1. The Labute approximate surface area is 125 Å². The van der Waals surface area contributed by atoms with Crippen molar-refractivity contribution < 1.29 is 13.2 Å². The molecule has 1 aromatic carbocycles.